The van der Waals surface area contributed by atoms with Gasteiger partial charge in [-0.1, -0.05) is 35.9 Å². The zero-order valence-electron chi connectivity index (χ0n) is 11.8. The van der Waals surface area contributed by atoms with Crippen molar-refractivity contribution in [1.82, 2.24) is 4.98 Å². The smallest absolute Gasteiger partial charge is 0.356 e. The van der Waals surface area contributed by atoms with E-state index in [4.69, 9.17) is 22.1 Å². The predicted octanol–water partition coefficient (Wildman–Crippen LogP) is 3.92. The zero-order chi connectivity index (χ0) is 15.7. The maximum Gasteiger partial charge on any atom is 0.356 e. The molecule has 0 unspecified atom stereocenters. The first-order valence-corrected chi connectivity index (χ1v) is 7.01. The first-order chi connectivity index (χ1) is 10.6. The molecule has 110 valence electrons. The van der Waals surface area contributed by atoms with Crippen LogP contribution in [0.4, 0.5) is 5.69 Å². The molecular weight excluding hydrogens is 300 g/mol. The van der Waals surface area contributed by atoms with Crippen molar-refractivity contribution in [3.8, 4) is 11.3 Å². The Hall–Kier alpha value is -2.59. The van der Waals surface area contributed by atoms with Crippen LogP contribution in [0.15, 0.2) is 48.5 Å². The Morgan fingerprint density at radius 1 is 1.18 bits per heavy atom. The van der Waals surface area contributed by atoms with Gasteiger partial charge in [-0.3, -0.25) is 0 Å². The summed E-state index contributed by atoms with van der Waals surface area (Å²) in [5.41, 5.74) is 8.36. The monoisotopic (exact) mass is 312 g/mol. The summed E-state index contributed by atoms with van der Waals surface area (Å²) in [4.78, 5) is 15.9. The van der Waals surface area contributed by atoms with Crippen LogP contribution in [-0.2, 0) is 4.74 Å². The van der Waals surface area contributed by atoms with Crippen molar-refractivity contribution in [3.05, 3.63) is 59.2 Å². The third kappa shape index (κ3) is 2.49. The lowest BCUT2D eigenvalue weighted by molar-refractivity contribution is 0.0594. The number of pyridine rings is 1. The minimum Gasteiger partial charge on any atom is -0.464 e. The van der Waals surface area contributed by atoms with E-state index in [0.29, 0.717) is 16.4 Å². The van der Waals surface area contributed by atoms with Gasteiger partial charge in [0.1, 0.15) is 5.69 Å². The van der Waals surface area contributed by atoms with Crippen LogP contribution in [0.25, 0.3) is 22.0 Å². The number of methoxy groups -OCH3 is 1. The third-order valence-electron chi connectivity index (χ3n) is 3.45. The lowest BCUT2D eigenvalue weighted by Gasteiger charge is -2.08. The van der Waals surface area contributed by atoms with Crippen LogP contribution in [-0.4, -0.2) is 18.1 Å². The molecule has 0 aliphatic carbocycles. The van der Waals surface area contributed by atoms with Gasteiger partial charge in [-0.25, -0.2) is 9.78 Å². The molecular formula is C17H13ClN2O2. The van der Waals surface area contributed by atoms with E-state index in [-0.39, 0.29) is 5.69 Å². The average Bonchev–Trinajstić information content (AvgIpc) is 2.57. The molecule has 2 N–H and O–H groups in total. The highest BCUT2D eigenvalue weighted by Crippen LogP contribution is 2.31. The molecule has 1 heterocycles. The molecule has 5 heteroatoms. The lowest BCUT2D eigenvalue weighted by Crippen LogP contribution is -2.04. The van der Waals surface area contributed by atoms with Crippen LogP contribution >= 0.6 is 11.6 Å². The summed E-state index contributed by atoms with van der Waals surface area (Å²) in [6.07, 6.45) is 0. The SMILES string of the molecule is COC(=O)c1cccc(-c2ccc3ccc(Cl)c(N)c3c2)n1. The van der Waals surface area contributed by atoms with Gasteiger partial charge >= 0.3 is 5.97 Å². The van der Waals surface area contributed by atoms with E-state index in [1.807, 2.05) is 30.3 Å². The Kier molecular flexibility index (Phi) is 3.69. The summed E-state index contributed by atoms with van der Waals surface area (Å²) >= 11 is 6.07. The van der Waals surface area contributed by atoms with Crippen LogP contribution in [0, 0.1) is 0 Å². The van der Waals surface area contributed by atoms with Crippen molar-refractivity contribution in [3.63, 3.8) is 0 Å². The molecule has 0 saturated carbocycles. The van der Waals surface area contributed by atoms with E-state index >= 15 is 0 Å². The number of aromatic nitrogens is 1. The molecule has 0 fully saturated rings. The van der Waals surface area contributed by atoms with Gasteiger partial charge in [0.05, 0.1) is 23.5 Å². The van der Waals surface area contributed by atoms with Gasteiger partial charge in [-0.05, 0) is 29.7 Å². The van der Waals surface area contributed by atoms with Crippen molar-refractivity contribution in [2.75, 3.05) is 12.8 Å². The molecule has 0 spiro atoms. The fourth-order valence-electron chi connectivity index (χ4n) is 2.29. The number of anilines is 1. The highest BCUT2D eigenvalue weighted by molar-refractivity contribution is 6.34. The minimum absolute atomic E-state index is 0.263. The fraction of sp³-hybridized carbons (Fsp3) is 0.0588. The maximum absolute atomic E-state index is 11.6. The number of nitrogen functional groups attached to an aromatic ring is 1. The number of rotatable bonds is 2. The molecule has 0 aliphatic rings. The van der Waals surface area contributed by atoms with Gasteiger partial charge < -0.3 is 10.5 Å². The summed E-state index contributed by atoms with van der Waals surface area (Å²) in [5, 5.41) is 2.37. The summed E-state index contributed by atoms with van der Waals surface area (Å²) in [6.45, 7) is 0. The molecule has 0 aliphatic heterocycles. The van der Waals surface area contributed by atoms with Gasteiger partial charge in [0.25, 0.3) is 0 Å². The molecule has 0 atom stereocenters. The van der Waals surface area contributed by atoms with E-state index in [9.17, 15) is 4.79 Å². The molecule has 0 radical (unpaired) electrons. The number of fused-ring (bicyclic) bond motifs is 1. The number of carbonyl (C=O) groups is 1. The number of nitrogens with two attached hydrogens (primary N) is 1. The third-order valence-corrected chi connectivity index (χ3v) is 3.78. The second kappa shape index (κ2) is 5.66. The Morgan fingerprint density at radius 2 is 1.95 bits per heavy atom. The molecule has 1 aromatic heterocycles. The molecule has 0 saturated heterocycles. The zero-order valence-corrected chi connectivity index (χ0v) is 12.6. The Bertz CT molecular complexity index is 878. The quantitative estimate of drug-likeness (QED) is 0.575. The molecule has 22 heavy (non-hydrogen) atoms. The van der Waals surface area contributed by atoms with Gasteiger partial charge in [-0.15, -0.1) is 0 Å². The normalized spacial score (nSPS) is 10.6. The molecule has 2 aromatic carbocycles. The van der Waals surface area contributed by atoms with Crippen molar-refractivity contribution in [2.45, 2.75) is 0 Å². The molecule has 0 bridgehead atoms. The molecule has 3 aromatic rings. The van der Waals surface area contributed by atoms with Gasteiger partial charge in [0.15, 0.2) is 0 Å². The van der Waals surface area contributed by atoms with Gasteiger partial charge in [0.2, 0.25) is 0 Å². The maximum atomic E-state index is 11.6. The highest BCUT2D eigenvalue weighted by atomic mass is 35.5. The van der Waals surface area contributed by atoms with Gasteiger partial charge in [-0.2, -0.15) is 0 Å². The van der Waals surface area contributed by atoms with E-state index in [2.05, 4.69) is 4.98 Å². The molecule has 3 rings (SSSR count). The number of benzene rings is 2. The predicted molar refractivity (Wildman–Crippen MR) is 87.9 cm³/mol. The topological polar surface area (TPSA) is 65.2 Å². The number of nitrogens with zero attached hydrogens (tertiary/aromatic N) is 1. The van der Waals surface area contributed by atoms with Crippen LogP contribution in [0.5, 0.6) is 0 Å². The number of halogens is 1. The van der Waals surface area contributed by atoms with E-state index in [1.54, 1.807) is 18.2 Å². The average molecular weight is 313 g/mol. The molecule has 4 nitrogen and oxygen atoms in total. The van der Waals surface area contributed by atoms with Crippen molar-refractivity contribution < 1.29 is 9.53 Å². The number of hydrogen-bond donors (Lipinski definition) is 1. The van der Waals surface area contributed by atoms with Crippen LogP contribution in [0.2, 0.25) is 5.02 Å². The second-order valence-electron chi connectivity index (χ2n) is 4.80. The van der Waals surface area contributed by atoms with Crippen molar-refractivity contribution >= 4 is 34.0 Å². The lowest BCUT2D eigenvalue weighted by atomic mass is 10.0. The largest absolute Gasteiger partial charge is 0.464 e. The number of ether oxygens (including phenoxy) is 1. The first kappa shape index (κ1) is 14.4. The summed E-state index contributed by atoms with van der Waals surface area (Å²) in [5.74, 6) is -0.467. The number of carbonyl (C=O) groups excluding carboxylic acids is 1. The Balaban J connectivity index is 2.14. The van der Waals surface area contributed by atoms with Crippen LogP contribution in [0.3, 0.4) is 0 Å². The highest BCUT2D eigenvalue weighted by Gasteiger charge is 2.10. The van der Waals surface area contributed by atoms with Crippen LogP contribution in [0.1, 0.15) is 10.5 Å². The minimum atomic E-state index is -0.467. The summed E-state index contributed by atoms with van der Waals surface area (Å²) in [6, 6.07) is 14.7. The first-order valence-electron chi connectivity index (χ1n) is 6.63. The van der Waals surface area contributed by atoms with Crippen molar-refractivity contribution in [1.29, 1.82) is 0 Å². The Labute approximate surface area is 132 Å². The summed E-state index contributed by atoms with van der Waals surface area (Å²) < 4.78 is 4.69. The van der Waals surface area contributed by atoms with Crippen molar-refractivity contribution in [2.24, 2.45) is 0 Å². The second-order valence-corrected chi connectivity index (χ2v) is 5.20. The van der Waals surface area contributed by atoms with E-state index in [0.717, 1.165) is 16.3 Å². The molecule has 0 amide bonds. The van der Waals surface area contributed by atoms with Crippen LogP contribution < -0.4 is 5.73 Å². The Morgan fingerprint density at radius 3 is 2.73 bits per heavy atom. The standard InChI is InChI=1S/C17H13ClN2O2/c1-22-17(21)15-4-2-3-14(20-15)11-6-5-10-7-8-13(18)16(19)12(10)9-11/h2-9H,19H2,1H3. The van der Waals surface area contributed by atoms with E-state index < -0.39 is 5.97 Å². The summed E-state index contributed by atoms with van der Waals surface area (Å²) in [7, 11) is 1.33. The number of hydrogen-bond acceptors (Lipinski definition) is 4. The number of esters is 1. The van der Waals surface area contributed by atoms with Gasteiger partial charge in [0, 0.05) is 10.9 Å². The fourth-order valence-corrected chi connectivity index (χ4v) is 2.45. The van der Waals surface area contributed by atoms with E-state index in [1.165, 1.54) is 7.11 Å².